The Labute approximate surface area is 193 Å². The summed E-state index contributed by atoms with van der Waals surface area (Å²) in [6.45, 7) is 1.75. The van der Waals surface area contributed by atoms with E-state index in [9.17, 15) is 18.5 Å². The average molecular weight is 519 g/mol. The van der Waals surface area contributed by atoms with Gasteiger partial charge in [-0.2, -0.15) is 5.10 Å². The molecule has 0 aromatic heterocycles. The van der Waals surface area contributed by atoms with Gasteiger partial charge in [0.05, 0.1) is 29.1 Å². The van der Waals surface area contributed by atoms with Crippen LogP contribution in [0.5, 0.6) is 5.75 Å². The van der Waals surface area contributed by atoms with E-state index in [1.807, 2.05) is 24.3 Å². The Bertz CT molecular complexity index is 1290. The number of non-ortho nitro benzene ring substituents is 1. The summed E-state index contributed by atoms with van der Waals surface area (Å²) in [6.07, 6.45) is 0. The average Bonchev–Trinajstić information content (AvgIpc) is 2.77. The number of benzene rings is 3. The minimum Gasteiger partial charge on any atom is -0.495 e. The van der Waals surface area contributed by atoms with Gasteiger partial charge in [-0.25, -0.2) is 8.42 Å². The van der Waals surface area contributed by atoms with E-state index in [1.54, 1.807) is 25.1 Å². The summed E-state index contributed by atoms with van der Waals surface area (Å²) in [5.41, 5.74) is 4.00. The summed E-state index contributed by atoms with van der Waals surface area (Å²) in [5.74, 6) is 0.304. The van der Waals surface area contributed by atoms with Gasteiger partial charge in [0.2, 0.25) is 0 Å². The van der Waals surface area contributed by atoms with E-state index in [0.717, 1.165) is 16.1 Å². The van der Waals surface area contributed by atoms with Crippen LogP contribution >= 0.6 is 15.9 Å². The Balaban J connectivity index is 2.02. The Morgan fingerprint density at radius 2 is 1.75 bits per heavy atom. The van der Waals surface area contributed by atoms with Crippen molar-refractivity contribution in [3.05, 3.63) is 86.9 Å². The second-order valence-electron chi connectivity index (χ2n) is 6.53. The van der Waals surface area contributed by atoms with Gasteiger partial charge >= 0.3 is 0 Å². The Kier molecular flexibility index (Phi) is 7.11. The predicted molar refractivity (Wildman–Crippen MR) is 127 cm³/mol. The van der Waals surface area contributed by atoms with Crippen molar-refractivity contribution in [3.8, 4) is 5.75 Å². The lowest BCUT2D eigenvalue weighted by atomic mass is 10.1. The third-order valence-corrected chi connectivity index (χ3v) is 6.52. The van der Waals surface area contributed by atoms with Gasteiger partial charge in [-0.1, -0.05) is 46.3 Å². The van der Waals surface area contributed by atoms with Crippen molar-refractivity contribution < 1.29 is 18.1 Å². The number of sulfonamides is 1. The largest absolute Gasteiger partial charge is 0.495 e. The topological polar surface area (TPSA) is 123 Å². The van der Waals surface area contributed by atoms with Crippen LogP contribution in [0.15, 0.2) is 81.2 Å². The molecule has 0 aliphatic rings. The zero-order valence-corrected chi connectivity index (χ0v) is 19.5. The molecule has 0 atom stereocenters. The van der Waals surface area contributed by atoms with Crippen molar-refractivity contribution >= 4 is 48.7 Å². The Morgan fingerprint density at radius 1 is 1.06 bits per heavy atom. The highest BCUT2D eigenvalue weighted by atomic mass is 79.9. The van der Waals surface area contributed by atoms with Gasteiger partial charge in [0.25, 0.3) is 15.7 Å². The number of anilines is 2. The maximum Gasteiger partial charge on any atom is 0.270 e. The van der Waals surface area contributed by atoms with Crippen molar-refractivity contribution in [2.75, 3.05) is 17.3 Å². The maximum atomic E-state index is 13.1. The first-order valence-electron chi connectivity index (χ1n) is 9.22. The van der Waals surface area contributed by atoms with Gasteiger partial charge in [-0.15, -0.1) is 0 Å². The first-order valence-corrected chi connectivity index (χ1v) is 11.5. The molecule has 0 heterocycles. The van der Waals surface area contributed by atoms with E-state index in [0.29, 0.717) is 11.5 Å². The molecule has 3 rings (SSSR count). The Morgan fingerprint density at radius 3 is 2.44 bits per heavy atom. The van der Waals surface area contributed by atoms with Gasteiger partial charge in [0, 0.05) is 22.2 Å². The number of methoxy groups -OCH3 is 1. The Hall–Kier alpha value is -3.44. The number of para-hydroxylation sites is 2. The summed E-state index contributed by atoms with van der Waals surface area (Å²) in [4.78, 5) is 10.3. The zero-order valence-electron chi connectivity index (χ0n) is 17.1. The van der Waals surface area contributed by atoms with Crippen LogP contribution in [0.4, 0.5) is 17.1 Å². The molecule has 0 unspecified atom stereocenters. The van der Waals surface area contributed by atoms with Crippen LogP contribution in [0.1, 0.15) is 12.5 Å². The molecule has 0 aliphatic heterocycles. The number of ether oxygens (including phenoxy) is 1. The third kappa shape index (κ3) is 5.24. The number of nitro groups is 1. The van der Waals surface area contributed by atoms with Crippen molar-refractivity contribution in [2.45, 2.75) is 11.8 Å². The molecule has 0 amide bonds. The molecule has 0 spiro atoms. The van der Waals surface area contributed by atoms with Crippen LogP contribution in [0, 0.1) is 10.1 Å². The molecule has 0 bridgehead atoms. The van der Waals surface area contributed by atoms with Gasteiger partial charge in [0.1, 0.15) is 10.6 Å². The molecule has 166 valence electrons. The molecule has 3 aromatic rings. The highest BCUT2D eigenvalue weighted by Gasteiger charge is 2.24. The molecule has 32 heavy (non-hydrogen) atoms. The number of rotatable bonds is 8. The minimum absolute atomic E-state index is 0.0735. The summed E-state index contributed by atoms with van der Waals surface area (Å²) >= 11 is 3.44. The summed E-state index contributed by atoms with van der Waals surface area (Å²) in [6, 6.07) is 17.3. The molecule has 0 saturated heterocycles. The van der Waals surface area contributed by atoms with E-state index >= 15 is 0 Å². The number of nitrogens with zero attached hydrogens (tertiary/aromatic N) is 2. The number of nitrogens with one attached hydrogen (secondary N) is 2. The number of hydrazone groups is 1. The summed E-state index contributed by atoms with van der Waals surface area (Å²) < 4.78 is 34.7. The highest BCUT2D eigenvalue weighted by Crippen LogP contribution is 2.31. The summed E-state index contributed by atoms with van der Waals surface area (Å²) in [7, 11) is -2.82. The van der Waals surface area contributed by atoms with Crippen LogP contribution < -0.4 is 14.9 Å². The van der Waals surface area contributed by atoms with Crippen molar-refractivity contribution in [1.29, 1.82) is 0 Å². The minimum atomic E-state index is -4.23. The standard InChI is InChI=1S/C21H19BrN4O5S/c1-14(16-7-3-4-8-17(16)22)23-24-19-12-11-15(26(27)28)13-21(19)32(29,30)25-18-9-5-6-10-20(18)31-2/h3-13,24-25H,1-2H3/b23-14+. The molecule has 9 nitrogen and oxygen atoms in total. The SMILES string of the molecule is COc1ccccc1NS(=O)(=O)c1cc([N+](=O)[O-])ccc1N/N=C(\C)c1ccccc1Br. The number of hydrogen-bond donors (Lipinski definition) is 2. The van der Waals surface area contributed by atoms with Crippen molar-refractivity contribution in [2.24, 2.45) is 5.10 Å². The number of hydrogen-bond acceptors (Lipinski definition) is 7. The van der Waals surface area contributed by atoms with E-state index in [-0.39, 0.29) is 22.0 Å². The fourth-order valence-corrected chi connectivity index (χ4v) is 4.65. The highest BCUT2D eigenvalue weighted by molar-refractivity contribution is 9.10. The maximum absolute atomic E-state index is 13.1. The number of halogens is 1. The lowest BCUT2D eigenvalue weighted by Gasteiger charge is -2.14. The summed E-state index contributed by atoms with van der Waals surface area (Å²) in [5, 5.41) is 15.5. The van der Waals surface area contributed by atoms with Crippen LogP contribution in [0.25, 0.3) is 0 Å². The molecular formula is C21H19BrN4O5S. The number of nitro benzene ring substituents is 1. The molecule has 3 aromatic carbocycles. The molecule has 2 N–H and O–H groups in total. The first kappa shape index (κ1) is 23.2. The van der Waals surface area contributed by atoms with Gasteiger partial charge in [0.15, 0.2) is 0 Å². The van der Waals surface area contributed by atoms with Crippen molar-refractivity contribution in [1.82, 2.24) is 0 Å². The predicted octanol–water partition coefficient (Wildman–Crippen LogP) is 5.00. The van der Waals surface area contributed by atoms with Crippen LogP contribution in [0.3, 0.4) is 0 Å². The fraction of sp³-hybridized carbons (Fsp3) is 0.0952. The smallest absolute Gasteiger partial charge is 0.270 e. The molecule has 0 radical (unpaired) electrons. The van der Waals surface area contributed by atoms with E-state index in [4.69, 9.17) is 4.74 Å². The van der Waals surface area contributed by atoms with Crippen molar-refractivity contribution in [3.63, 3.8) is 0 Å². The van der Waals surface area contributed by atoms with Crippen LogP contribution in [0.2, 0.25) is 0 Å². The third-order valence-electron chi connectivity index (χ3n) is 4.42. The van der Waals surface area contributed by atoms with Gasteiger partial charge < -0.3 is 4.74 Å². The van der Waals surface area contributed by atoms with Gasteiger partial charge in [-0.05, 0) is 31.2 Å². The quantitative estimate of drug-likeness (QED) is 0.245. The molecule has 11 heteroatoms. The molecule has 0 saturated carbocycles. The first-order chi connectivity index (χ1) is 15.2. The van der Waals surface area contributed by atoms with Gasteiger partial charge in [-0.3, -0.25) is 20.3 Å². The molecule has 0 fully saturated rings. The van der Waals surface area contributed by atoms with Crippen LogP contribution in [-0.4, -0.2) is 26.2 Å². The lowest BCUT2D eigenvalue weighted by Crippen LogP contribution is -2.16. The second kappa shape index (κ2) is 9.79. The second-order valence-corrected chi connectivity index (χ2v) is 9.04. The normalized spacial score (nSPS) is 11.7. The van der Waals surface area contributed by atoms with E-state index < -0.39 is 14.9 Å². The monoisotopic (exact) mass is 518 g/mol. The van der Waals surface area contributed by atoms with E-state index in [1.165, 1.54) is 25.3 Å². The van der Waals surface area contributed by atoms with E-state index in [2.05, 4.69) is 31.2 Å². The molecular weight excluding hydrogens is 500 g/mol. The zero-order chi connectivity index (χ0) is 23.3. The fourth-order valence-electron chi connectivity index (χ4n) is 2.83. The van der Waals surface area contributed by atoms with Crippen LogP contribution in [-0.2, 0) is 10.0 Å². The lowest BCUT2D eigenvalue weighted by molar-refractivity contribution is -0.385. The molecule has 0 aliphatic carbocycles.